The third kappa shape index (κ3) is 4.22. The molecule has 9 heteroatoms. The summed E-state index contributed by atoms with van der Waals surface area (Å²) in [6.45, 7) is 6.18. The first-order chi connectivity index (χ1) is 15.0. The molecule has 1 aliphatic heterocycles. The largest absolute Gasteiger partial charge is 0.397 e. The molecule has 1 aliphatic rings. The van der Waals surface area contributed by atoms with Crippen LogP contribution < -0.4 is 21.5 Å². The summed E-state index contributed by atoms with van der Waals surface area (Å²) < 4.78 is 0. The summed E-state index contributed by atoms with van der Waals surface area (Å²) in [5.41, 5.74) is 10.9. The molecule has 0 aromatic carbocycles. The van der Waals surface area contributed by atoms with Gasteiger partial charge in [0.1, 0.15) is 11.2 Å². The zero-order valence-electron chi connectivity index (χ0n) is 17.8. The predicted octanol–water partition coefficient (Wildman–Crippen LogP) is 1.14. The van der Waals surface area contributed by atoms with Gasteiger partial charge in [-0.15, -0.1) is 0 Å². The van der Waals surface area contributed by atoms with Crippen LogP contribution in [0.2, 0.25) is 0 Å². The number of fused-ring (bicyclic) bond motifs is 1. The van der Waals surface area contributed by atoms with Crippen molar-refractivity contribution in [1.29, 1.82) is 0 Å². The Morgan fingerprint density at radius 2 is 1.97 bits per heavy atom. The first-order valence-electron chi connectivity index (χ1n) is 10.4. The maximum Gasteiger partial charge on any atom is 0.269 e. The summed E-state index contributed by atoms with van der Waals surface area (Å²) in [5, 5.41) is 2.58. The molecule has 4 heterocycles. The number of carbonyl (C=O) groups excluding carboxylic acids is 1. The van der Waals surface area contributed by atoms with Gasteiger partial charge < -0.3 is 20.9 Å². The number of H-pyrrole nitrogens is 1. The second kappa shape index (κ2) is 8.73. The lowest BCUT2D eigenvalue weighted by Crippen LogP contribution is -2.46. The number of hydrogen-bond donors (Lipinski definition) is 3. The van der Waals surface area contributed by atoms with E-state index >= 15 is 0 Å². The molecule has 0 atom stereocenters. The molecule has 0 spiro atoms. The Kier molecular flexibility index (Phi) is 5.85. The number of pyridine rings is 3. The number of nitrogens with zero attached hydrogens (tertiary/aromatic N) is 4. The Hall–Kier alpha value is -3.46. The van der Waals surface area contributed by atoms with Crippen LogP contribution in [0, 0.1) is 0 Å². The van der Waals surface area contributed by atoms with Crippen molar-refractivity contribution in [1.82, 2.24) is 25.2 Å². The summed E-state index contributed by atoms with van der Waals surface area (Å²) in [7, 11) is 1.59. The van der Waals surface area contributed by atoms with Crippen molar-refractivity contribution < 1.29 is 4.79 Å². The predicted molar refractivity (Wildman–Crippen MR) is 121 cm³/mol. The fourth-order valence-electron chi connectivity index (χ4n) is 3.98. The topological polar surface area (TPSA) is 120 Å². The van der Waals surface area contributed by atoms with E-state index in [0.717, 1.165) is 44.0 Å². The monoisotopic (exact) mass is 421 g/mol. The maximum absolute atomic E-state index is 12.2. The van der Waals surface area contributed by atoms with Crippen molar-refractivity contribution in [2.75, 3.05) is 43.9 Å². The van der Waals surface area contributed by atoms with Crippen molar-refractivity contribution in [3.8, 4) is 0 Å². The van der Waals surface area contributed by atoms with Crippen LogP contribution in [0.25, 0.3) is 11.0 Å². The molecule has 0 saturated carbocycles. The molecule has 0 aliphatic carbocycles. The Morgan fingerprint density at radius 3 is 2.61 bits per heavy atom. The number of nitrogen functional groups attached to an aromatic ring is 1. The lowest BCUT2D eigenvalue weighted by molar-refractivity contribution is 0.0958. The van der Waals surface area contributed by atoms with Gasteiger partial charge in [0.15, 0.2) is 0 Å². The zero-order chi connectivity index (χ0) is 22.0. The van der Waals surface area contributed by atoms with Crippen LogP contribution in [-0.2, 0) is 13.0 Å². The molecule has 0 bridgehead atoms. The van der Waals surface area contributed by atoms with Gasteiger partial charge in [-0.1, -0.05) is 6.92 Å². The number of nitrogens with two attached hydrogens (primary N) is 1. The van der Waals surface area contributed by atoms with E-state index in [2.05, 4.69) is 30.1 Å². The van der Waals surface area contributed by atoms with Crippen LogP contribution in [0.1, 0.15) is 28.5 Å². The fourth-order valence-corrected chi connectivity index (χ4v) is 3.98. The molecule has 1 saturated heterocycles. The molecule has 31 heavy (non-hydrogen) atoms. The van der Waals surface area contributed by atoms with E-state index in [1.807, 2.05) is 25.3 Å². The minimum atomic E-state index is -0.186. The van der Waals surface area contributed by atoms with E-state index in [4.69, 9.17) is 5.73 Å². The first kappa shape index (κ1) is 20.8. The quantitative estimate of drug-likeness (QED) is 0.565. The first-order valence-corrected chi connectivity index (χ1v) is 10.4. The van der Waals surface area contributed by atoms with E-state index in [0.29, 0.717) is 34.4 Å². The summed E-state index contributed by atoms with van der Waals surface area (Å²) in [6, 6.07) is 5.65. The number of carbonyl (C=O) groups is 1. The van der Waals surface area contributed by atoms with Gasteiger partial charge in [0.05, 0.1) is 23.1 Å². The lowest BCUT2D eigenvalue weighted by Gasteiger charge is -2.36. The summed E-state index contributed by atoms with van der Waals surface area (Å²) >= 11 is 0. The van der Waals surface area contributed by atoms with Crippen LogP contribution in [0.4, 0.5) is 11.4 Å². The van der Waals surface area contributed by atoms with E-state index < -0.39 is 0 Å². The fraction of sp³-hybridized carbons (Fsp3) is 0.364. The van der Waals surface area contributed by atoms with Gasteiger partial charge in [0, 0.05) is 51.5 Å². The number of amides is 1. The smallest absolute Gasteiger partial charge is 0.269 e. The number of anilines is 2. The zero-order valence-corrected chi connectivity index (χ0v) is 17.8. The highest BCUT2D eigenvalue weighted by Gasteiger charge is 2.19. The van der Waals surface area contributed by atoms with Crippen LogP contribution in [0.3, 0.4) is 0 Å². The molecule has 4 N–H and O–H groups in total. The average Bonchev–Trinajstić information content (AvgIpc) is 2.79. The summed E-state index contributed by atoms with van der Waals surface area (Å²) in [6.07, 6.45) is 4.16. The van der Waals surface area contributed by atoms with E-state index in [-0.39, 0.29) is 11.5 Å². The molecule has 3 aromatic rings. The Morgan fingerprint density at radius 1 is 1.19 bits per heavy atom. The van der Waals surface area contributed by atoms with E-state index in [9.17, 15) is 9.59 Å². The highest BCUT2D eigenvalue weighted by atomic mass is 16.1. The average molecular weight is 422 g/mol. The van der Waals surface area contributed by atoms with Crippen molar-refractivity contribution in [3.05, 3.63) is 57.8 Å². The van der Waals surface area contributed by atoms with Crippen molar-refractivity contribution in [3.63, 3.8) is 0 Å². The van der Waals surface area contributed by atoms with Crippen LogP contribution >= 0.6 is 0 Å². The van der Waals surface area contributed by atoms with Crippen molar-refractivity contribution >= 4 is 28.3 Å². The second-order valence-electron chi connectivity index (χ2n) is 7.68. The van der Waals surface area contributed by atoms with Gasteiger partial charge in [0.25, 0.3) is 11.5 Å². The number of nitrogens with one attached hydrogen (secondary N) is 2. The van der Waals surface area contributed by atoms with Gasteiger partial charge in [-0.3, -0.25) is 19.5 Å². The maximum atomic E-state index is 12.2. The third-order valence-corrected chi connectivity index (χ3v) is 5.75. The van der Waals surface area contributed by atoms with Crippen LogP contribution in [0.5, 0.6) is 0 Å². The minimum Gasteiger partial charge on any atom is -0.397 e. The standard InChI is InChI=1S/C22H27N7O2/c1-3-16-19(23)20-18(27-21(16)30)10-14(11-26-20)13-28-6-8-29(9-7-28)15-4-5-17(25-12-15)22(31)24-2/h4-5,10-12H,3,6-9,13H2,1-2H3,(H,24,31)(H3,23,27,30). The number of rotatable bonds is 5. The Labute approximate surface area is 180 Å². The SMILES string of the molecule is CCc1c(N)c2ncc(CN3CCN(c4ccc(C(=O)NC)nc4)CC3)cc2[nH]c1=O. The molecule has 162 valence electrons. The lowest BCUT2D eigenvalue weighted by atomic mass is 10.1. The summed E-state index contributed by atoms with van der Waals surface area (Å²) in [5.74, 6) is -0.186. The van der Waals surface area contributed by atoms with Crippen molar-refractivity contribution in [2.45, 2.75) is 19.9 Å². The van der Waals surface area contributed by atoms with E-state index in [1.54, 1.807) is 19.3 Å². The van der Waals surface area contributed by atoms with Gasteiger partial charge >= 0.3 is 0 Å². The molecule has 3 aromatic heterocycles. The molecule has 0 radical (unpaired) electrons. The molecule has 4 rings (SSSR count). The molecule has 1 amide bonds. The number of piperazine rings is 1. The van der Waals surface area contributed by atoms with E-state index in [1.165, 1.54) is 0 Å². The van der Waals surface area contributed by atoms with Gasteiger partial charge in [-0.25, -0.2) is 4.98 Å². The summed E-state index contributed by atoms with van der Waals surface area (Å²) in [4.78, 5) is 40.2. The van der Waals surface area contributed by atoms with Crippen LogP contribution in [0.15, 0.2) is 35.4 Å². The molecular weight excluding hydrogens is 394 g/mol. The van der Waals surface area contributed by atoms with Crippen LogP contribution in [-0.4, -0.2) is 59.0 Å². The third-order valence-electron chi connectivity index (χ3n) is 5.75. The van der Waals surface area contributed by atoms with Gasteiger partial charge in [-0.2, -0.15) is 0 Å². The molecule has 9 nitrogen and oxygen atoms in total. The number of hydrogen-bond acceptors (Lipinski definition) is 7. The highest BCUT2D eigenvalue weighted by molar-refractivity contribution is 5.92. The molecule has 0 unspecified atom stereocenters. The normalized spacial score (nSPS) is 14.7. The minimum absolute atomic E-state index is 0.142. The Balaban J connectivity index is 1.41. The van der Waals surface area contributed by atoms with Gasteiger partial charge in [0.2, 0.25) is 0 Å². The molecule has 1 fully saturated rings. The molecular formula is C22H27N7O2. The highest BCUT2D eigenvalue weighted by Crippen LogP contribution is 2.21. The second-order valence-corrected chi connectivity index (χ2v) is 7.68. The Bertz CT molecular complexity index is 1150. The van der Waals surface area contributed by atoms with Crippen molar-refractivity contribution in [2.24, 2.45) is 0 Å². The number of aromatic nitrogens is 3. The number of aromatic amines is 1. The van der Waals surface area contributed by atoms with Gasteiger partial charge in [-0.05, 0) is 30.2 Å².